The number of aryl methyl sites for hydroxylation is 1. The molecule has 0 saturated heterocycles. The van der Waals surface area contributed by atoms with E-state index in [0.717, 1.165) is 35.4 Å². The summed E-state index contributed by atoms with van der Waals surface area (Å²) in [5, 5.41) is 7.39. The van der Waals surface area contributed by atoms with Crippen LogP contribution in [0.15, 0.2) is 35.5 Å². The van der Waals surface area contributed by atoms with E-state index in [0.29, 0.717) is 0 Å². The van der Waals surface area contributed by atoms with Crippen molar-refractivity contribution < 1.29 is 0 Å². The SMILES string of the molecule is CCNc1cc(Nc2ccccc2CC)nc(SC)n1. The quantitative estimate of drug-likeness (QED) is 0.623. The molecule has 0 bridgehead atoms. The molecule has 20 heavy (non-hydrogen) atoms. The molecule has 0 atom stereocenters. The fraction of sp³-hybridized carbons (Fsp3) is 0.333. The van der Waals surface area contributed by atoms with Gasteiger partial charge >= 0.3 is 0 Å². The first-order valence-corrected chi connectivity index (χ1v) is 8.01. The Morgan fingerprint density at radius 2 is 1.85 bits per heavy atom. The molecule has 0 aliphatic rings. The van der Waals surface area contributed by atoms with Crippen LogP contribution in [0.3, 0.4) is 0 Å². The van der Waals surface area contributed by atoms with Crippen LogP contribution in [0.1, 0.15) is 19.4 Å². The van der Waals surface area contributed by atoms with Crippen LogP contribution in [0.5, 0.6) is 0 Å². The van der Waals surface area contributed by atoms with Gasteiger partial charge in [-0.1, -0.05) is 36.9 Å². The summed E-state index contributed by atoms with van der Waals surface area (Å²) in [4.78, 5) is 8.93. The summed E-state index contributed by atoms with van der Waals surface area (Å²) in [5.41, 5.74) is 2.38. The van der Waals surface area contributed by atoms with E-state index in [2.05, 4.69) is 52.6 Å². The van der Waals surface area contributed by atoms with Crippen molar-refractivity contribution in [3.05, 3.63) is 35.9 Å². The maximum Gasteiger partial charge on any atom is 0.191 e. The molecule has 0 unspecified atom stereocenters. The van der Waals surface area contributed by atoms with Crippen LogP contribution in [0.25, 0.3) is 0 Å². The number of rotatable bonds is 6. The van der Waals surface area contributed by atoms with Gasteiger partial charge in [0.05, 0.1) is 0 Å². The first-order chi connectivity index (χ1) is 9.76. The van der Waals surface area contributed by atoms with Crippen molar-refractivity contribution in [3.8, 4) is 0 Å². The van der Waals surface area contributed by atoms with E-state index in [1.807, 2.05) is 18.4 Å². The zero-order chi connectivity index (χ0) is 14.4. The van der Waals surface area contributed by atoms with Gasteiger partial charge in [-0.2, -0.15) is 0 Å². The third kappa shape index (κ3) is 3.63. The van der Waals surface area contributed by atoms with Crippen molar-refractivity contribution in [2.75, 3.05) is 23.4 Å². The molecule has 1 aromatic heterocycles. The molecule has 0 fully saturated rings. The average Bonchev–Trinajstić information content (AvgIpc) is 2.48. The topological polar surface area (TPSA) is 49.8 Å². The van der Waals surface area contributed by atoms with Crippen molar-refractivity contribution in [1.82, 2.24) is 9.97 Å². The molecule has 0 aliphatic carbocycles. The summed E-state index contributed by atoms with van der Waals surface area (Å²) >= 11 is 1.54. The van der Waals surface area contributed by atoms with Gasteiger partial charge in [-0.15, -0.1) is 0 Å². The molecule has 0 radical (unpaired) electrons. The molecule has 0 saturated carbocycles. The second-order valence-corrected chi connectivity index (χ2v) is 5.06. The van der Waals surface area contributed by atoms with Crippen molar-refractivity contribution in [2.45, 2.75) is 25.4 Å². The molecule has 2 rings (SSSR count). The minimum absolute atomic E-state index is 0.764. The lowest BCUT2D eigenvalue weighted by atomic mass is 10.1. The number of anilines is 3. The van der Waals surface area contributed by atoms with Gasteiger partial charge in [0.25, 0.3) is 0 Å². The number of nitrogens with one attached hydrogen (secondary N) is 2. The Balaban J connectivity index is 2.30. The Labute approximate surface area is 124 Å². The number of nitrogens with zero attached hydrogens (tertiary/aromatic N) is 2. The molecule has 1 heterocycles. The minimum atomic E-state index is 0.764. The normalized spacial score (nSPS) is 10.3. The van der Waals surface area contributed by atoms with E-state index < -0.39 is 0 Å². The van der Waals surface area contributed by atoms with Gasteiger partial charge in [0.2, 0.25) is 0 Å². The van der Waals surface area contributed by atoms with Crippen molar-refractivity contribution in [2.24, 2.45) is 0 Å². The Morgan fingerprint density at radius 3 is 2.55 bits per heavy atom. The maximum absolute atomic E-state index is 4.51. The molecule has 0 aliphatic heterocycles. The smallest absolute Gasteiger partial charge is 0.191 e. The molecule has 0 spiro atoms. The zero-order valence-electron chi connectivity index (χ0n) is 12.1. The van der Waals surface area contributed by atoms with Crippen LogP contribution < -0.4 is 10.6 Å². The van der Waals surface area contributed by atoms with E-state index in [-0.39, 0.29) is 0 Å². The Bertz CT molecular complexity index is 572. The van der Waals surface area contributed by atoms with E-state index in [9.17, 15) is 0 Å². The van der Waals surface area contributed by atoms with Crippen LogP contribution in [0.4, 0.5) is 17.3 Å². The standard InChI is InChI=1S/C15H20N4S/c1-4-11-8-6-7-9-12(11)17-14-10-13(16-5-2)18-15(19-14)20-3/h6-10H,4-5H2,1-3H3,(H2,16,17,18,19). The highest BCUT2D eigenvalue weighted by molar-refractivity contribution is 7.98. The van der Waals surface area contributed by atoms with Gasteiger partial charge in [0, 0.05) is 18.3 Å². The molecule has 5 heteroatoms. The highest BCUT2D eigenvalue weighted by Gasteiger charge is 2.06. The van der Waals surface area contributed by atoms with Gasteiger partial charge in [-0.25, -0.2) is 9.97 Å². The predicted molar refractivity (Wildman–Crippen MR) is 87.1 cm³/mol. The van der Waals surface area contributed by atoms with Gasteiger partial charge in [0.15, 0.2) is 5.16 Å². The molecular formula is C15H20N4S. The van der Waals surface area contributed by atoms with Gasteiger partial charge < -0.3 is 10.6 Å². The highest BCUT2D eigenvalue weighted by atomic mass is 32.2. The van der Waals surface area contributed by atoms with E-state index >= 15 is 0 Å². The summed E-state index contributed by atoms with van der Waals surface area (Å²) in [6, 6.07) is 10.2. The maximum atomic E-state index is 4.51. The Hall–Kier alpha value is -1.75. The first kappa shape index (κ1) is 14.7. The first-order valence-electron chi connectivity index (χ1n) is 6.78. The highest BCUT2D eigenvalue weighted by Crippen LogP contribution is 2.23. The zero-order valence-corrected chi connectivity index (χ0v) is 12.9. The summed E-state index contributed by atoms with van der Waals surface area (Å²) in [7, 11) is 0. The largest absolute Gasteiger partial charge is 0.370 e. The third-order valence-electron chi connectivity index (χ3n) is 2.91. The van der Waals surface area contributed by atoms with E-state index in [1.54, 1.807) is 11.8 Å². The van der Waals surface area contributed by atoms with E-state index in [1.165, 1.54) is 5.56 Å². The monoisotopic (exact) mass is 288 g/mol. The number of thioether (sulfide) groups is 1. The molecule has 4 nitrogen and oxygen atoms in total. The van der Waals surface area contributed by atoms with E-state index in [4.69, 9.17) is 0 Å². The molecule has 2 aromatic rings. The average molecular weight is 288 g/mol. The molecule has 106 valence electrons. The number of hydrogen-bond acceptors (Lipinski definition) is 5. The summed E-state index contributed by atoms with van der Waals surface area (Å²) in [6.07, 6.45) is 2.97. The number of aromatic nitrogens is 2. The van der Waals surface area contributed by atoms with Crippen LogP contribution in [0, 0.1) is 0 Å². The number of benzene rings is 1. The second-order valence-electron chi connectivity index (χ2n) is 4.29. The van der Waals surface area contributed by atoms with Crippen molar-refractivity contribution in [1.29, 1.82) is 0 Å². The lowest BCUT2D eigenvalue weighted by molar-refractivity contribution is 0.966. The fourth-order valence-electron chi connectivity index (χ4n) is 1.94. The van der Waals surface area contributed by atoms with Crippen LogP contribution >= 0.6 is 11.8 Å². The molecular weight excluding hydrogens is 268 g/mol. The number of para-hydroxylation sites is 1. The summed E-state index contributed by atoms with van der Waals surface area (Å²) in [6.45, 7) is 5.05. The second kappa shape index (κ2) is 7.14. The molecule has 0 amide bonds. The van der Waals surface area contributed by atoms with Gasteiger partial charge in [-0.3, -0.25) is 0 Å². The Morgan fingerprint density at radius 1 is 1.10 bits per heavy atom. The van der Waals surface area contributed by atoms with Gasteiger partial charge in [0.1, 0.15) is 11.6 Å². The predicted octanol–water partition coefficient (Wildman–Crippen LogP) is 3.94. The van der Waals surface area contributed by atoms with Crippen LogP contribution in [-0.2, 0) is 6.42 Å². The van der Waals surface area contributed by atoms with Crippen LogP contribution in [-0.4, -0.2) is 22.8 Å². The fourth-order valence-corrected chi connectivity index (χ4v) is 2.32. The minimum Gasteiger partial charge on any atom is -0.370 e. The number of hydrogen-bond donors (Lipinski definition) is 2. The summed E-state index contributed by atoms with van der Waals surface area (Å²) in [5.74, 6) is 1.67. The van der Waals surface area contributed by atoms with Crippen molar-refractivity contribution in [3.63, 3.8) is 0 Å². The Kier molecular flexibility index (Phi) is 5.24. The third-order valence-corrected chi connectivity index (χ3v) is 3.45. The van der Waals surface area contributed by atoms with Crippen molar-refractivity contribution >= 4 is 29.1 Å². The lowest BCUT2D eigenvalue weighted by Gasteiger charge is -2.12. The van der Waals surface area contributed by atoms with Crippen LogP contribution in [0.2, 0.25) is 0 Å². The van der Waals surface area contributed by atoms with Gasteiger partial charge in [-0.05, 0) is 31.2 Å². The summed E-state index contributed by atoms with van der Waals surface area (Å²) < 4.78 is 0. The lowest BCUT2D eigenvalue weighted by Crippen LogP contribution is -2.04. The molecule has 1 aromatic carbocycles. The molecule has 2 N–H and O–H groups in total.